The van der Waals surface area contributed by atoms with Crippen molar-refractivity contribution in [3.63, 3.8) is 0 Å². The number of nitrogens with zero attached hydrogens (tertiary/aromatic N) is 2. The predicted octanol–water partition coefficient (Wildman–Crippen LogP) is 5.22. The number of benzene rings is 2. The van der Waals surface area contributed by atoms with Crippen LogP contribution in [0.4, 0.5) is 0 Å². The summed E-state index contributed by atoms with van der Waals surface area (Å²) in [5, 5.41) is 1.10. The van der Waals surface area contributed by atoms with Gasteiger partial charge < -0.3 is 9.15 Å². The molecule has 0 fully saturated rings. The molecular formula is C19H13ClN2O2. The van der Waals surface area contributed by atoms with Crippen LogP contribution in [-0.2, 0) is 0 Å². The second-order valence-corrected chi connectivity index (χ2v) is 5.60. The largest absolute Gasteiger partial charge is 0.497 e. The normalized spacial score (nSPS) is 10.9. The van der Waals surface area contributed by atoms with Crippen molar-refractivity contribution in [2.24, 2.45) is 0 Å². The van der Waals surface area contributed by atoms with Crippen molar-refractivity contribution < 1.29 is 9.15 Å². The minimum absolute atomic E-state index is 0.377. The molecule has 0 radical (unpaired) electrons. The van der Waals surface area contributed by atoms with Crippen LogP contribution in [0.15, 0.2) is 65.3 Å². The number of ether oxygens (including phenoxy) is 1. The third-order valence-electron chi connectivity index (χ3n) is 3.86. The molecule has 4 rings (SSSR count). The van der Waals surface area contributed by atoms with Crippen molar-refractivity contribution in [2.45, 2.75) is 0 Å². The van der Waals surface area contributed by atoms with Crippen molar-refractivity contribution in [1.82, 2.24) is 9.97 Å². The second-order valence-electron chi connectivity index (χ2n) is 5.25. The van der Waals surface area contributed by atoms with Gasteiger partial charge in [0.05, 0.1) is 12.5 Å². The highest BCUT2D eigenvalue weighted by Gasteiger charge is 2.21. The molecular weight excluding hydrogens is 324 g/mol. The Kier molecular flexibility index (Phi) is 3.67. The van der Waals surface area contributed by atoms with Crippen LogP contribution in [0.3, 0.4) is 0 Å². The zero-order valence-corrected chi connectivity index (χ0v) is 13.6. The minimum Gasteiger partial charge on any atom is -0.497 e. The first-order chi connectivity index (χ1) is 11.8. The third kappa shape index (κ3) is 2.41. The summed E-state index contributed by atoms with van der Waals surface area (Å²) in [6.07, 6.45) is 1.40. The van der Waals surface area contributed by atoms with Crippen LogP contribution >= 0.6 is 11.6 Å². The Balaban J connectivity index is 2.02. The van der Waals surface area contributed by atoms with Crippen LogP contribution in [0.25, 0.3) is 33.6 Å². The lowest BCUT2D eigenvalue weighted by molar-refractivity contribution is 0.415. The Labute approximate surface area is 143 Å². The third-order valence-corrected chi connectivity index (χ3v) is 4.14. The molecule has 0 spiro atoms. The Bertz CT molecular complexity index is 995. The van der Waals surface area contributed by atoms with Crippen LogP contribution in [-0.4, -0.2) is 17.1 Å². The molecule has 0 aliphatic rings. The Morgan fingerprint density at radius 3 is 2.38 bits per heavy atom. The van der Waals surface area contributed by atoms with E-state index in [-0.39, 0.29) is 0 Å². The van der Waals surface area contributed by atoms with E-state index in [1.807, 2.05) is 54.6 Å². The number of methoxy groups -OCH3 is 1. The molecule has 0 amide bonds. The van der Waals surface area contributed by atoms with Gasteiger partial charge >= 0.3 is 0 Å². The summed E-state index contributed by atoms with van der Waals surface area (Å²) in [6.45, 7) is 0. The van der Waals surface area contributed by atoms with E-state index in [0.717, 1.165) is 27.8 Å². The average Bonchev–Trinajstić information content (AvgIpc) is 3.03. The van der Waals surface area contributed by atoms with E-state index in [0.29, 0.717) is 16.6 Å². The lowest BCUT2D eigenvalue weighted by atomic mass is 10.00. The lowest BCUT2D eigenvalue weighted by Gasteiger charge is -2.05. The molecule has 0 atom stereocenters. The van der Waals surface area contributed by atoms with Gasteiger partial charge in [0.25, 0.3) is 0 Å². The molecule has 0 saturated heterocycles. The van der Waals surface area contributed by atoms with E-state index in [4.69, 9.17) is 20.8 Å². The smallest absolute Gasteiger partial charge is 0.231 e. The summed E-state index contributed by atoms with van der Waals surface area (Å²) in [5.41, 5.74) is 3.28. The van der Waals surface area contributed by atoms with Gasteiger partial charge in [0.15, 0.2) is 0 Å². The van der Waals surface area contributed by atoms with Gasteiger partial charge in [0.1, 0.15) is 23.0 Å². The topological polar surface area (TPSA) is 48.2 Å². The Morgan fingerprint density at radius 1 is 0.917 bits per heavy atom. The van der Waals surface area contributed by atoms with Crippen molar-refractivity contribution >= 4 is 22.7 Å². The lowest BCUT2D eigenvalue weighted by Crippen LogP contribution is -1.85. The van der Waals surface area contributed by atoms with Gasteiger partial charge in [-0.3, -0.25) is 0 Å². The summed E-state index contributed by atoms with van der Waals surface area (Å²) in [6, 6.07) is 17.6. The maximum absolute atomic E-state index is 6.33. The van der Waals surface area contributed by atoms with E-state index in [1.165, 1.54) is 6.33 Å². The molecule has 4 nitrogen and oxygen atoms in total. The molecule has 118 valence electrons. The van der Waals surface area contributed by atoms with E-state index in [1.54, 1.807) is 7.11 Å². The molecule has 0 saturated carbocycles. The highest BCUT2D eigenvalue weighted by atomic mass is 35.5. The van der Waals surface area contributed by atoms with Gasteiger partial charge in [-0.25, -0.2) is 9.97 Å². The number of aromatic nitrogens is 2. The molecule has 2 aromatic heterocycles. The molecule has 0 N–H and O–H groups in total. The van der Waals surface area contributed by atoms with E-state index >= 15 is 0 Å². The second kappa shape index (κ2) is 5.98. The predicted molar refractivity (Wildman–Crippen MR) is 94.2 cm³/mol. The van der Waals surface area contributed by atoms with Gasteiger partial charge in [0, 0.05) is 11.1 Å². The number of halogens is 1. The van der Waals surface area contributed by atoms with Gasteiger partial charge in [0.2, 0.25) is 5.71 Å². The standard InChI is InChI=1S/C19H13ClN2O2/c1-23-14-9-7-13(8-10-14)17-15(12-5-3-2-4-6-12)16-18(20)21-11-22-19(16)24-17/h2-11H,1H3. The summed E-state index contributed by atoms with van der Waals surface area (Å²) >= 11 is 6.33. The van der Waals surface area contributed by atoms with Gasteiger partial charge in [-0.15, -0.1) is 0 Å². The Morgan fingerprint density at radius 2 is 1.67 bits per heavy atom. The maximum atomic E-state index is 6.33. The fourth-order valence-electron chi connectivity index (χ4n) is 2.72. The molecule has 2 heterocycles. The van der Waals surface area contributed by atoms with Crippen molar-refractivity contribution in [3.05, 3.63) is 66.1 Å². The van der Waals surface area contributed by atoms with Crippen LogP contribution in [0.5, 0.6) is 5.75 Å². The number of hydrogen-bond donors (Lipinski definition) is 0. The van der Waals surface area contributed by atoms with Crippen LogP contribution in [0, 0.1) is 0 Å². The number of hydrogen-bond acceptors (Lipinski definition) is 4. The average molecular weight is 337 g/mol. The van der Waals surface area contributed by atoms with Gasteiger partial charge in [-0.05, 0) is 29.8 Å². The molecule has 0 unspecified atom stereocenters. The molecule has 0 aliphatic heterocycles. The quantitative estimate of drug-likeness (QED) is 0.481. The summed E-state index contributed by atoms with van der Waals surface area (Å²) in [5.74, 6) is 1.50. The van der Waals surface area contributed by atoms with Crippen molar-refractivity contribution in [2.75, 3.05) is 7.11 Å². The number of furan rings is 1. The van der Waals surface area contributed by atoms with E-state index in [2.05, 4.69) is 9.97 Å². The maximum Gasteiger partial charge on any atom is 0.231 e. The van der Waals surface area contributed by atoms with Crippen molar-refractivity contribution in [1.29, 1.82) is 0 Å². The molecule has 5 heteroatoms. The van der Waals surface area contributed by atoms with E-state index in [9.17, 15) is 0 Å². The summed E-state index contributed by atoms with van der Waals surface area (Å²) < 4.78 is 11.2. The SMILES string of the molecule is COc1ccc(-c2oc3ncnc(Cl)c3c2-c2ccccc2)cc1. The minimum atomic E-state index is 0.377. The van der Waals surface area contributed by atoms with Gasteiger partial charge in [-0.1, -0.05) is 41.9 Å². The summed E-state index contributed by atoms with van der Waals surface area (Å²) in [7, 11) is 1.64. The molecule has 0 aliphatic carbocycles. The number of rotatable bonds is 3. The van der Waals surface area contributed by atoms with E-state index < -0.39 is 0 Å². The fraction of sp³-hybridized carbons (Fsp3) is 0.0526. The molecule has 4 aromatic rings. The van der Waals surface area contributed by atoms with Crippen LogP contribution in [0.1, 0.15) is 0 Å². The fourth-order valence-corrected chi connectivity index (χ4v) is 2.94. The van der Waals surface area contributed by atoms with Gasteiger partial charge in [-0.2, -0.15) is 0 Å². The highest BCUT2D eigenvalue weighted by Crippen LogP contribution is 2.42. The van der Waals surface area contributed by atoms with Crippen LogP contribution in [0.2, 0.25) is 5.15 Å². The molecule has 0 bridgehead atoms. The zero-order valence-electron chi connectivity index (χ0n) is 12.9. The first-order valence-corrected chi connectivity index (χ1v) is 7.78. The van der Waals surface area contributed by atoms with Crippen LogP contribution < -0.4 is 4.74 Å². The highest BCUT2D eigenvalue weighted by molar-refractivity contribution is 6.35. The molecule has 2 aromatic carbocycles. The first kappa shape index (κ1) is 14.7. The number of fused-ring (bicyclic) bond motifs is 1. The zero-order chi connectivity index (χ0) is 16.5. The Hall–Kier alpha value is -2.85. The molecule has 24 heavy (non-hydrogen) atoms. The van der Waals surface area contributed by atoms with Crippen molar-refractivity contribution in [3.8, 4) is 28.2 Å². The first-order valence-electron chi connectivity index (χ1n) is 7.41. The monoisotopic (exact) mass is 336 g/mol. The summed E-state index contributed by atoms with van der Waals surface area (Å²) in [4.78, 5) is 8.32.